The lowest BCUT2D eigenvalue weighted by Crippen LogP contribution is -2.25. The van der Waals surface area contributed by atoms with Gasteiger partial charge in [0.05, 0.1) is 11.0 Å². The molecule has 1 heterocycles. The number of fused-ring (bicyclic) bond motifs is 1. The summed E-state index contributed by atoms with van der Waals surface area (Å²) in [6, 6.07) is 4.61. The van der Waals surface area contributed by atoms with Crippen LogP contribution in [0.5, 0.6) is 0 Å². The van der Waals surface area contributed by atoms with Crippen molar-refractivity contribution in [3.63, 3.8) is 0 Å². The molecule has 16 heavy (non-hydrogen) atoms. The molecule has 6 heteroatoms. The van der Waals surface area contributed by atoms with Crippen LogP contribution in [0.2, 0.25) is 0 Å². The highest BCUT2D eigenvalue weighted by Gasteiger charge is 2.06. The van der Waals surface area contributed by atoms with E-state index in [2.05, 4.69) is 15.3 Å². The Morgan fingerprint density at radius 1 is 1.50 bits per heavy atom. The van der Waals surface area contributed by atoms with Gasteiger partial charge in [-0.25, -0.2) is 9.78 Å². The van der Waals surface area contributed by atoms with E-state index in [1.165, 1.54) is 0 Å². The smallest absolute Gasteiger partial charge is 0.317 e. The normalized spacial score (nSPS) is 10.3. The van der Waals surface area contributed by atoms with Gasteiger partial charge in [0, 0.05) is 0 Å². The number of nitrogens with two attached hydrogens (primary N) is 1. The van der Waals surface area contributed by atoms with Crippen LogP contribution in [0.3, 0.4) is 0 Å². The molecule has 2 rings (SSSR count). The fourth-order valence-electron chi connectivity index (χ4n) is 1.39. The van der Waals surface area contributed by atoms with Gasteiger partial charge in [-0.05, 0) is 24.6 Å². The molecular formula is C10H10N4O2. The highest BCUT2D eigenvalue weighted by molar-refractivity contribution is 5.87. The van der Waals surface area contributed by atoms with Crippen LogP contribution in [0, 0.1) is 6.92 Å². The topological polar surface area (TPSA) is 101 Å². The Hall–Kier alpha value is -2.37. The van der Waals surface area contributed by atoms with Crippen LogP contribution >= 0.6 is 0 Å². The van der Waals surface area contributed by atoms with Crippen molar-refractivity contribution < 1.29 is 4.79 Å². The maximum absolute atomic E-state index is 11.5. The van der Waals surface area contributed by atoms with Crippen molar-refractivity contribution in [2.75, 3.05) is 5.32 Å². The van der Waals surface area contributed by atoms with Crippen LogP contribution in [0.15, 0.2) is 23.0 Å². The Morgan fingerprint density at radius 2 is 2.25 bits per heavy atom. The zero-order valence-corrected chi connectivity index (χ0v) is 8.57. The predicted molar refractivity (Wildman–Crippen MR) is 60.3 cm³/mol. The van der Waals surface area contributed by atoms with Gasteiger partial charge in [-0.2, -0.15) is 0 Å². The Labute approximate surface area is 90.5 Å². The minimum absolute atomic E-state index is 0.0920. The summed E-state index contributed by atoms with van der Waals surface area (Å²) in [5.74, 6) is -0.0920. The molecule has 0 atom stereocenters. The van der Waals surface area contributed by atoms with Gasteiger partial charge >= 0.3 is 6.03 Å². The van der Waals surface area contributed by atoms with Crippen LogP contribution in [0.25, 0.3) is 11.0 Å². The first-order valence-electron chi connectivity index (χ1n) is 4.63. The number of carbonyl (C=O) groups excluding carboxylic acids is 1. The fraction of sp³-hybridized carbons (Fsp3) is 0.100. The number of hydrogen-bond acceptors (Lipinski definition) is 3. The number of hydrogen-bond donors (Lipinski definition) is 3. The van der Waals surface area contributed by atoms with E-state index < -0.39 is 11.6 Å². The van der Waals surface area contributed by atoms with Crippen molar-refractivity contribution in [3.8, 4) is 0 Å². The number of benzene rings is 1. The monoisotopic (exact) mass is 218 g/mol. The summed E-state index contributed by atoms with van der Waals surface area (Å²) >= 11 is 0. The molecule has 0 spiro atoms. The summed E-state index contributed by atoms with van der Waals surface area (Å²) in [5.41, 5.74) is 6.68. The van der Waals surface area contributed by atoms with E-state index in [1.54, 1.807) is 12.1 Å². The number of nitrogens with one attached hydrogen (secondary N) is 2. The maximum Gasteiger partial charge on any atom is 0.317 e. The average molecular weight is 218 g/mol. The number of aromatic nitrogens is 2. The first-order valence-corrected chi connectivity index (χ1v) is 4.63. The van der Waals surface area contributed by atoms with Gasteiger partial charge in [0.15, 0.2) is 0 Å². The molecule has 0 aliphatic rings. The molecule has 0 unspecified atom stereocenters. The SMILES string of the molecule is Cc1ccc2[nH]c(=O)c(NC(N)=O)nc2c1. The maximum atomic E-state index is 11.5. The zero-order chi connectivity index (χ0) is 11.7. The number of carbonyl (C=O) groups is 1. The van der Waals surface area contributed by atoms with Crippen molar-refractivity contribution in [2.45, 2.75) is 6.92 Å². The average Bonchev–Trinajstić information content (AvgIpc) is 2.19. The Balaban J connectivity index is 2.64. The molecule has 0 bridgehead atoms. The molecule has 6 nitrogen and oxygen atoms in total. The largest absolute Gasteiger partial charge is 0.351 e. The van der Waals surface area contributed by atoms with E-state index >= 15 is 0 Å². The minimum atomic E-state index is -0.815. The summed E-state index contributed by atoms with van der Waals surface area (Å²) in [7, 11) is 0. The van der Waals surface area contributed by atoms with Crippen molar-refractivity contribution in [1.82, 2.24) is 9.97 Å². The van der Waals surface area contributed by atoms with Crippen LogP contribution < -0.4 is 16.6 Å². The van der Waals surface area contributed by atoms with Gasteiger partial charge in [-0.3, -0.25) is 10.1 Å². The van der Waals surface area contributed by atoms with Crippen LogP contribution in [0.1, 0.15) is 5.56 Å². The van der Waals surface area contributed by atoms with E-state index in [0.29, 0.717) is 11.0 Å². The van der Waals surface area contributed by atoms with Crippen molar-refractivity contribution in [2.24, 2.45) is 5.73 Å². The van der Waals surface area contributed by atoms with E-state index in [4.69, 9.17) is 5.73 Å². The summed E-state index contributed by atoms with van der Waals surface area (Å²) in [6.07, 6.45) is 0. The van der Waals surface area contributed by atoms with Crippen LogP contribution in [-0.4, -0.2) is 16.0 Å². The second-order valence-corrected chi connectivity index (χ2v) is 3.42. The summed E-state index contributed by atoms with van der Waals surface area (Å²) in [4.78, 5) is 28.7. The fourth-order valence-corrected chi connectivity index (χ4v) is 1.39. The van der Waals surface area contributed by atoms with Gasteiger partial charge in [0.25, 0.3) is 5.56 Å². The highest BCUT2D eigenvalue weighted by atomic mass is 16.2. The first-order chi connectivity index (χ1) is 7.56. The lowest BCUT2D eigenvalue weighted by atomic mass is 10.2. The zero-order valence-electron chi connectivity index (χ0n) is 8.57. The third-order valence-electron chi connectivity index (χ3n) is 2.09. The second kappa shape index (κ2) is 3.65. The molecule has 0 fully saturated rings. The second-order valence-electron chi connectivity index (χ2n) is 3.42. The Kier molecular flexibility index (Phi) is 2.32. The number of anilines is 1. The number of aryl methyl sites for hydroxylation is 1. The molecule has 0 saturated carbocycles. The summed E-state index contributed by atoms with van der Waals surface area (Å²) < 4.78 is 0. The number of aromatic amines is 1. The van der Waals surface area contributed by atoms with Crippen molar-refractivity contribution in [3.05, 3.63) is 34.1 Å². The predicted octanol–water partition coefficient (Wildman–Crippen LogP) is 0.722. The lowest BCUT2D eigenvalue weighted by Gasteiger charge is -2.02. The molecule has 0 aliphatic heterocycles. The minimum Gasteiger partial charge on any atom is -0.351 e. The number of primary amides is 1. The molecule has 2 amide bonds. The van der Waals surface area contributed by atoms with Gasteiger partial charge < -0.3 is 10.7 Å². The van der Waals surface area contributed by atoms with Gasteiger partial charge in [-0.1, -0.05) is 6.07 Å². The molecule has 1 aromatic carbocycles. The van der Waals surface area contributed by atoms with Crippen molar-refractivity contribution >= 4 is 22.9 Å². The number of nitrogens with zero attached hydrogens (tertiary/aromatic N) is 1. The summed E-state index contributed by atoms with van der Waals surface area (Å²) in [6.45, 7) is 1.91. The standard InChI is InChI=1S/C10H10N4O2/c1-5-2-3-6-7(4-5)12-8(9(15)13-6)14-10(11)16/h2-4H,1H3,(H,13,15)(H3,11,12,14,16). The Morgan fingerprint density at radius 3 is 2.94 bits per heavy atom. The molecule has 0 aliphatic carbocycles. The Bertz CT molecular complexity index is 618. The first kappa shape index (κ1) is 10.2. The third kappa shape index (κ3) is 1.85. The van der Waals surface area contributed by atoms with Gasteiger partial charge in [0.2, 0.25) is 5.82 Å². The quantitative estimate of drug-likeness (QED) is 0.657. The third-order valence-corrected chi connectivity index (χ3v) is 2.09. The van der Waals surface area contributed by atoms with Gasteiger partial charge in [-0.15, -0.1) is 0 Å². The molecule has 82 valence electrons. The highest BCUT2D eigenvalue weighted by Crippen LogP contribution is 2.10. The van der Waals surface area contributed by atoms with E-state index in [0.717, 1.165) is 5.56 Å². The molecule has 0 radical (unpaired) electrons. The number of urea groups is 1. The van der Waals surface area contributed by atoms with Crippen LogP contribution in [0.4, 0.5) is 10.6 Å². The van der Waals surface area contributed by atoms with E-state index in [1.807, 2.05) is 13.0 Å². The number of amides is 2. The van der Waals surface area contributed by atoms with E-state index in [-0.39, 0.29) is 5.82 Å². The molecule has 1 aromatic heterocycles. The number of H-pyrrole nitrogens is 1. The number of rotatable bonds is 1. The molecular weight excluding hydrogens is 208 g/mol. The van der Waals surface area contributed by atoms with E-state index in [9.17, 15) is 9.59 Å². The lowest BCUT2D eigenvalue weighted by molar-refractivity contribution is 0.259. The van der Waals surface area contributed by atoms with Crippen LogP contribution in [-0.2, 0) is 0 Å². The van der Waals surface area contributed by atoms with Gasteiger partial charge in [0.1, 0.15) is 0 Å². The van der Waals surface area contributed by atoms with Crippen molar-refractivity contribution in [1.29, 1.82) is 0 Å². The summed E-state index contributed by atoms with van der Waals surface area (Å²) in [5, 5.41) is 2.17. The molecule has 2 aromatic rings. The molecule has 0 saturated heterocycles. The molecule has 4 N–H and O–H groups in total.